The fourth-order valence-electron chi connectivity index (χ4n) is 4.75. The van der Waals surface area contributed by atoms with Gasteiger partial charge in [0.05, 0.1) is 11.3 Å². The number of nitrogens with zero attached hydrogens (tertiary/aromatic N) is 4. The zero-order valence-corrected chi connectivity index (χ0v) is 17.3. The Morgan fingerprint density at radius 2 is 1.93 bits per heavy atom. The van der Waals surface area contributed by atoms with Crippen molar-refractivity contribution in [2.75, 3.05) is 24.5 Å². The number of nitrogens with one attached hydrogen (secondary N) is 1. The van der Waals surface area contributed by atoms with Crippen LogP contribution in [0.3, 0.4) is 0 Å². The molecule has 1 N–H and O–H groups in total. The van der Waals surface area contributed by atoms with Crippen LogP contribution in [0.15, 0.2) is 35.3 Å². The molecule has 0 aliphatic carbocycles. The van der Waals surface area contributed by atoms with Crippen LogP contribution in [0.25, 0.3) is 10.9 Å². The molecule has 0 amide bonds. The van der Waals surface area contributed by atoms with Crippen LogP contribution in [-0.4, -0.2) is 39.1 Å². The van der Waals surface area contributed by atoms with Crippen LogP contribution >= 0.6 is 0 Å². The molecule has 0 saturated carbocycles. The molecule has 152 valence electrons. The van der Waals surface area contributed by atoms with E-state index in [4.69, 9.17) is 4.98 Å². The topological polar surface area (TPSA) is 57.2 Å². The van der Waals surface area contributed by atoms with Gasteiger partial charge in [-0.2, -0.15) is 0 Å². The molecule has 0 spiro atoms. The first kappa shape index (κ1) is 18.4. The summed E-state index contributed by atoms with van der Waals surface area (Å²) in [6.45, 7) is 8.88. The molecule has 3 aromatic rings. The Kier molecular flexibility index (Phi) is 4.66. The van der Waals surface area contributed by atoms with Gasteiger partial charge in [0.2, 0.25) is 5.95 Å². The smallest absolute Gasteiger partial charge is 0.257 e. The van der Waals surface area contributed by atoms with Gasteiger partial charge in [0.1, 0.15) is 0 Å². The number of para-hydroxylation sites is 1. The highest BCUT2D eigenvalue weighted by Gasteiger charge is 2.24. The van der Waals surface area contributed by atoms with Crippen molar-refractivity contribution in [1.29, 1.82) is 0 Å². The van der Waals surface area contributed by atoms with Gasteiger partial charge in [-0.05, 0) is 38.3 Å². The summed E-state index contributed by atoms with van der Waals surface area (Å²) in [7, 11) is 0. The number of H-pyrrole nitrogens is 1. The highest BCUT2D eigenvalue weighted by Crippen LogP contribution is 2.27. The van der Waals surface area contributed by atoms with E-state index in [2.05, 4.69) is 63.7 Å². The summed E-state index contributed by atoms with van der Waals surface area (Å²) >= 11 is 0. The molecule has 6 nitrogen and oxygen atoms in total. The molecule has 6 heteroatoms. The summed E-state index contributed by atoms with van der Waals surface area (Å²) in [6.07, 6.45) is 5.48. The van der Waals surface area contributed by atoms with Gasteiger partial charge in [-0.3, -0.25) is 14.7 Å². The lowest BCUT2D eigenvalue weighted by atomic mass is 10.1. The third kappa shape index (κ3) is 3.35. The number of aromatic amines is 1. The van der Waals surface area contributed by atoms with Crippen LogP contribution < -0.4 is 10.5 Å². The molecule has 5 rings (SSSR count). The largest absolute Gasteiger partial charge is 0.345 e. The average Bonchev–Trinajstić information content (AvgIpc) is 3.37. The lowest BCUT2D eigenvalue weighted by Crippen LogP contribution is -2.36. The highest BCUT2D eigenvalue weighted by atomic mass is 16.1. The third-order valence-electron chi connectivity index (χ3n) is 6.31. The van der Waals surface area contributed by atoms with Gasteiger partial charge in [0.25, 0.3) is 5.56 Å². The molecule has 0 radical (unpaired) electrons. The minimum absolute atomic E-state index is 0.0335. The molecular formula is C23H29N5O. The Morgan fingerprint density at radius 1 is 1.14 bits per heavy atom. The maximum Gasteiger partial charge on any atom is 0.257 e. The van der Waals surface area contributed by atoms with E-state index in [1.807, 2.05) is 0 Å². The zero-order chi connectivity index (χ0) is 20.0. The van der Waals surface area contributed by atoms with Crippen molar-refractivity contribution in [2.45, 2.75) is 52.2 Å². The molecule has 2 aliphatic rings. The average molecular weight is 392 g/mol. The number of hydrogen-bond donors (Lipinski definition) is 1. The number of benzene rings is 1. The molecule has 1 saturated heterocycles. The predicted molar refractivity (Wildman–Crippen MR) is 116 cm³/mol. The first-order valence-electron chi connectivity index (χ1n) is 10.8. The van der Waals surface area contributed by atoms with E-state index in [9.17, 15) is 4.79 Å². The van der Waals surface area contributed by atoms with Gasteiger partial charge in [0, 0.05) is 62.3 Å². The summed E-state index contributed by atoms with van der Waals surface area (Å²) < 4.78 is 2.35. The Labute approximate surface area is 171 Å². The molecule has 0 atom stereocenters. The molecule has 0 bridgehead atoms. The van der Waals surface area contributed by atoms with Gasteiger partial charge in [-0.15, -0.1) is 0 Å². The normalized spacial score (nSPS) is 17.4. The summed E-state index contributed by atoms with van der Waals surface area (Å²) in [5.74, 6) is 0.764. The second kappa shape index (κ2) is 7.34. The Hall–Kier alpha value is -2.60. The van der Waals surface area contributed by atoms with E-state index in [-0.39, 0.29) is 5.56 Å². The fourth-order valence-corrected chi connectivity index (χ4v) is 4.75. The maximum absolute atomic E-state index is 12.8. The zero-order valence-electron chi connectivity index (χ0n) is 17.3. The number of anilines is 1. The first-order valence-corrected chi connectivity index (χ1v) is 10.8. The van der Waals surface area contributed by atoms with Crippen LogP contribution in [0, 0.1) is 0 Å². The second-order valence-corrected chi connectivity index (χ2v) is 8.64. The molecule has 0 unspecified atom stereocenters. The standard InChI is InChI=1S/C23H29N5O/c1-16(2)28-14-17(18-7-3-4-8-21(18)28)13-26-12-9-20-19(15-26)22(29)25-23(24-20)27-10-5-6-11-27/h3-4,7-8,14,16H,5-6,9-13,15H2,1-2H3,(H,24,25,29). The molecule has 4 heterocycles. The molecular weight excluding hydrogens is 362 g/mol. The molecule has 29 heavy (non-hydrogen) atoms. The Balaban J connectivity index is 1.41. The number of aromatic nitrogens is 3. The molecule has 1 aromatic carbocycles. The number of hydrogen-bond acceptors (Lipinski definition) is 4. The van der Waals surface area contributed by atoms with Crippen LogP contribution in [0.4, 0.5) is 5.95 Å². The van der Waals surface area contributed by atoms with E-state index in [1.165, 1.54) is 29.3 Å². The summed E-state index contributed by atoms with van der Waals surface area (Å²) in [5, 5.41) is 1.31. The highest BCUT2D eigenvalue weighted by molar-refractivity contribution is 5.84. The van der Waals surface area contributed by atoms with Crippen molar-refractivity contribution in [1.82, 2.24) is 19.4 Å². The Bertz CT molecular complexity index is 1090. The van der Waals surface area contributed by atoms with Crippen LogP contribution in [-0.2, 0) is 19.5 Å². The van der Waals surface area contributed by atoms with Crippen LogP contribution in [0.2, 0.25) is 0 Å². The second-order valence-electron chi connectivity index (χ2n) is 8.64. The van der Waals surface area contributed by atoms with Crippen LogP contribution in [0.5, 0.6) is 0 Å². The number of rotatable bonds is 4. The van der Waals surface area contributed by atoms with Gasteiger partial charge in [-0.1, -0.05) is 18.2 Å². The Morgan fingerprint density at radius 3 is 2.72 bits per heavy atom. The molecule has 2 aromatic heterocycles. The van der Waals surface area contributed by atoms with Gasteiger partial charge in [0.15, 0.2) is 0 Å². The maximum atomic E-state index is 12.8. The predicted octanol–water partition coefficient (Wildman–Crippen LogP) is 3.46. The van der Waals surface area contributed by atoms with Gasteiger partial charge >= 0.3 is 0 Å². The minimum atomic E-state index is 0.0335. The monoisotopic (exact) mass is 391 g/mol. The van der Waals surface area contributed by atoms with E-state index in [1.54, 1.807) is 0 Å². The van der Waals surface area contributed by atoms with Crippen molar-refractivity contribution in [3.8, 4) is 0 Å². The first-order chi connectivity index (χ1) is 14.1. The van der Waals surface area contributed by atoms with Crippen LogP contribution in [0.1, 0.15) is 49.6 Å². The quantitative estimate of drug-likeness (QED) is 0.740. The summed E-state index contributed by atoms with van der Waals surface area (Å²) in [4.78, 5) is 25.2. The fraction of sp³-hybridized carbons (Fsp3) is 0.478. The summed E-state index contributed by atoms with van der Waals surface area (Å²) in [5.41, 5.74) is 4.47. The van der Waals surface area contributed by atoms with E-state index >= 15 is 0 Å². The van der Waals surface area contributed by atoms with Gasteiger partial charge in [-0.25, -0.2) is 4.98 Å². The molecule has 1 fully saturated rings. The lowest BCUT2D eigenvalue weighted by molar-refractivity contribution is 0.242. The van der Waals surface area contributed by atoms with Gasteiger partial charge < -0.3 is 9.47 Å². The van der Waals surface area contributed by atoms with Crippen molar-refractivity contribution in [3.05, 3.63) is 57.6 Å². The van der Waals surface area contributed by atoms with Crippen molar-refractivity contribution in [3.63, 3.8) is 0 Å². The third-order valence-corrected chi connectivity index (χ3v) is 6.31. The lowest BCUT2D eigenvalue weighted by Gasteiger charge is -2.28. The number of fused-ring (bicyclic) bond motifs is 2. The SMILES string of the molecule is CC(C)n1cc(CN2CCc3nc(N4CCCC4)[nH]c(=O)c3C2)c2ccccc21. The van der Waals surface area contributed by atoms with E-state index in [0.717, 1.165) is 49.8 Å². The van der Waals surface area contributed by atoms with Crippen molar-refractivity contribution >= 4 is 16.9 Å². The van der Waals surface area contributed by atoms with Crippen molar-refractivity contribution in [2.24, 2.45) is 0 Å². The minimum Gasteiger partial charge on any atom is -0.345 e. The van der Waals surface area contributed by atoms with Crippen molar-refractivity contribution < 1.29 is 0 Å². The van der Waals surface area contributed by atoms with E-state index in [0.29, 0.717) is 12.6 Å². The van der Waals surface area contributed by atoms with E-state index < -0.39 is 0 Å². The summed E-state index contributed by atoms with van der Waals surface area (Å²) in [6, 6.07) is 9.03. The molecule has 2 aliphatic heterocycles.